The number of nitrogens with zero attached hydrogens (tertiary/aromatic N) is 4. The van der Waals surface area contributed by atoms with E-state index in [1.807, 2.05) is 13.8 Å². The molecule has 0 unspecified atom stereocenters. The van der Waals surface area contributed by atoms with Crippen molar-refractivity contribution in [3.05, 3.63) is 52.1 Å². The first kappa shape index (κ1) is 13.5. The molecular formula is C15H17N5O. The molecular weight excluding hydrogens is 266 g/mol. The Bertz CT molecular complexity index is 814. The Morgan fingerprint density at radius 1 is 1.33 bits per heavy atom. The van der Waals surface area contributed by atoms with E-state index in [9.17, 15) is 4.79 Å². The molecule has 0 aliphatic rings. The van der Waals surface area contributed by atoms with Crippen LogP contribution in [0.1, 0.15) is 23.4 Å². The van der Waals surface area contributed by atoms with Gasteiger partial charge in [-0.05, 0) is 38.3 Å². The molecule has 6 heteroatoms. The lowest BCUT2D eigenvalue weighted by molar-refractivity contribution is 0.615. The molecule has 0 spiro atoms. The standard InChI is InChI=1S/C15H17N5O/c1-10-12(11(2)19-18-10)4-3-7-20-9-17-14-5-6-16-8-13(14)15(20)21/h5-6,8-9H,3-4,7H2,1-2H3,(H,18,19). The van der Waals surface area contributed by atoms with Crippen molar-refractivity contribution in [1.29, 1.82) is 0 Å². The summed E-state index contributed by atoms with van der Waals surface area (Å²) in [5.74, 6) is 0. The third-order valence-corrected chi connectivity index (χ3v) is 3.73. The molecule has 0 radical (unpaired) electrons. The fraction of sp³-hybridized carbons (Fsp3) is 0.333. The zero-order valence-corrected chi connectivity index (χ0v) is 12.1. The Morgan fingerprint density at radius 3 is 2.95 bits per heavy atom. The van der Waals surface area contributed by atoms with Crippen molar-refractivity contribution in [3.8, 4) is 0 Å². The van der Waals surface area contributed by atoms with Gasteiger partial charge in [0.15, 0.2) is 0 Å². The van der Waals surface area contributed by atoms with Crippen LogP contribution in [-0.4, -0.2) is 24.7 Å². The molecule has 21 heavy (non-hydrogen) atoms. The highest BCUT2D eigenvalue weighted by Gasteiger charge is 2.07. The molecule has 0 fully saturated rings. The van der Waals surface area contributed by atoms with Gasteiger partial charge in [-0.2, -0.15) is 5.10 Å². The molecule has 3 aromatic heterocycles. The lowest BCUT2D eigenvalue weighted by Gasteiger charge is -2.06. The van der Waals surface area contributed by atoms with Gasteiger partial charge in [0.25, 0.3) is 5.56 Å². The van der Waals surface area contributed by atoms with Crippen LogP contribution in [-0.2, 0) is 13.0 Å². The number of hydrogen-bond acceptors (Lipinski definition) is 4. The summed E-state index contributed by atoms with van der Waals surface area (Å²) < 4.78 is 1.65. The van der Waals surface area contributed by atoms with Gasteiger partial charge in [-0.25, -0.2) is 4.98 Å². The third kappa shape index (κ3) is 2.56. The molecule has 0 atom stereocenters. The maximum absolute atomic E-state index is 12.3. The Hall–Kier alpha value is -2.50. The summed E-state index contributed by atoms with van der Waals surface area (Å²) in [7, 11) is 0. The highest BCUT2D eigenvalue weighted by Crippen LogP contribution is 2.12. The van der Waals surface area contributed by atoms with E-state index in [2.05, 4.69) is 20.2 Å². The average Bonchev–Trinajstić information content (AvgIpc) is 2.81. The summed E-state index contributed by atoms with van der Waals surface area (Å²) in [6, 6.07) is 1.75. The Labute approximate surface area is 121 Å². The van der Waals surface area contributed by atoms with Gasteiger partial charge >= 0.3 is 0 Å². The SMILES string of the molecule is Cc1n[nH]c(C)c1CCCn1cnc2ccncc2c1=O. The number of nitrogens with one attached hydrogen (secondary N) is 1. The van der Waals surface area contributed by atoms with Gasteiger partial charge in [-0.3, -0.25) is 19.4 Å². The number of aromatic amines is 1. The van der Waals surface area contributed by atoms with E-state index in [4.69, 9.17) is 0 Å². The predicted octanol–water partition coefficient (Wildman–Crippen LogP) is 1.76. The van der Waals surface area contributed by atoms with Gasteiger partial charge in [-0.15, -0.1) is 0 Å². The van der Waals surface area contributed by atoms with Crippen molar-refractivity contribution >= 4 is 10.9 Å². The number of fused-ring (bicyclic) bond motifs is 1. The van der Waals surface area contributed by atoms with Crippen molar-refractivity contribution in [2.45, 2.75) is 33.2 Å². The van der Waals surface area contributed by atoms with Crippen LogP contribution in [0.2, 0.25) is 0 Å². The van der Waals surface area contributed by atoms with E-state index in [0.29, 0.717) is 17.4 Å². The average molecular weight is 283 g/mol. The molecule has 0 aromatic carbocycles. The van der Waals surface area contributed by atoms with Crippen LogP contribution in [0.15, 0.2) is 29.6 Å². The second-order valence-corrected chi connectivity index (χ2v) is 5.15. The fourth-order valence-electron chi connectivity index (χ4n) is 2.53. The molecule has 0 amide bonds. The van der Waals surface area contributed by atoms with Crippen molar-refractivity contribution < 1.29 is 0 Å². The minimum atomic E-state index is -0.0336. The van der Waals surface area contributed by atoms with Crippen LogP contribution in [0.4, 0.5) is 0 Å². The smallest absolute Gasteiger partial charge is 0.262 e. The van der Waals surface area contributed by atoms with E-state index in [-0.39, 0.29) is 5.56 Å². The van der Waals surface area contributed by atoms with E-state index in [0.717, 1.165) is 24.2 Å². The summed E-state index contributed by atoms with van der Waals surface area (Å²) >= 11 is 0. The lowest BCUT2D eigenvalue weighted by Crippen LogP contribution is -2.21. The largest absolute Gasteiger partial charge is 0.299 e. The third-order valence-electron chi connectivity index (χ3n) is 3.73. The first-order valence-electron chi connectivity index (χ1n) is 6.96. The highest BCUT2D eigenvalue weighted by molar-refractivity contribution is 5.75. The van der Waals surface area contributed by atoms with Gasteiger partial charge in [-0.1, -0.05) is 0 Å². The van der Waals surface area contributed by atoms with E-state index in [1.165, 1.54) is 5.56 Å². The molecule has 3 rings (SSSR count). The second-order valence-electron chi connectivity index (χ2n) is 5.15. The van der Waals surface area contributed by atoms with Gasteiger partial charge in [0.1, 0.15) is 0 Å². The summed E-state index contributed by atoms with van der Waals surface area (Å²) in [6.45, 7) is 4.65. The fourth-order valence-corrected chi connectivity index (χ4v) is 2.53. The highest BCUT2D eigenvalue weighted by atomic mass is 16.1. The number of H-pyrrole nitrogens is 1. The maximum atomic E-state index is 12.3. The van der Waals surface area contributed by atoms with Crippen LogP contribution < -0.4 is 5.56 Å². The molecule has 0 aliphatic carbocycles. The van der Waals surface area contributed by atoms with Crippen molar-refractivity contribution in [2.75, 3.05) is 0 Å². The zero-order valence-electron chi connectivity index (χ0n) is 12.1. The zero-order chi connectivity index (χ0) is 14.8. The van der Waals surface area contributed by atoms with Crippen molar-refractivity contribution in [2.24, 2.45) is 0 Å². The normalized spacial score (nSPS) is 11.1. The summed E-state index contributed by atoms with van der Waals surface area (Å²) in [4.78, 5) is 20.6. The van der Waals surface area contributed by atoms with Crippen LogP contribution in [0, 0.1) is 13.8 Å². The molecule has 0 bridgehead atoms. The van der Waals surface area contributed by atoms with Gasteiger partial charge in [0.2, 0.25) is 0 Å². The topological polar surface area (TPSA) is 76.5 Å². The van der Waals surface area contributed by atoms with Gasteiger partial charge in [0, 0.05) is 24.6 Å². The molecule has 1 N–H and O–H groups in total. The minimum absolute atomic E-state index is 0.0336. The number of rotatable bonds is 4. The Balaban J connectivity index is 1.77. The van der Waals surface area contributed by atoms with Crippen LogP contribution in [0.5, 0.6) is 0 Å². The number of hydrogen-bond donors (Lipinski definition) is 1. The van der Waals surface area contributed by atoms with Crippen molar-refractivity contribution in [1.82, 2.24) is 24.7 Å². The number of aryl methyl sites for hydroxylation is 3. The first-order valence-corrected chi connectivity index (χ1v) is 6.96. The van der Waals surface area contributed by atoms with E-state index >= 15 is 0 Å². The monoisotopic (exact) mass is 283 g/mol. The van der Waals surface area contributed by atoms with Crippen LogP contribution in [0.25, 0.3) is 10.9 Å². The van der Waals surface area contributed by atoms with Gasteiger partial charge in [0.05, 0.1) is 22.9 Å². The van der Waals surface area contributed by atoms with E-state index in [1.54, 1.807) is 29.4 Å². The summed E-state index contributed by atoms with van der Waals surface area (Å²) in [5, 5.41) is 7.73. The summed E-state index contributed by atoms with van der Waals surface area (Å²) in [5.41, 5.74) is 4.02. The predicted molar refractivity (Wildman–Crippen MR) is 80.2 cm³/mol. The first-order chi connectivity index (χ1) is 10.2. The Kier molecular flexibility index (Phi) is 3.51. The molecule has 0 saturated carbocycles. The van der Waals surface area contributed by atoms with E-state index < -0.39 is 0 Å². The molecule has 3 aromatic rings. The quantitative estimate of drug-likeness (QED) is 0.791. The molecule has 0 aliphatic heterocycles. The van der Waals surface area contributed by atoms with Gasteiger partial charge < -0.3 is 0 Å². The minimum Gasteiger partial charge on any atom is -0.299 e. The lowest BCUT2D eigenvalue weighted by atomic mass is 10.1. The number of aromatic nitrogens is 5. The Morgan fingerprint density at radius 2 is 2.19 bits per heavy atom. The summed E-state index contributed by atoms with van der Waals surface area (Å²) in [6.07, 6.45) is 6.59. The number of pyridine rings is 1. The van der Waals surface area contributed by atoms with Crippen LogP contribution >= 0.6 is 0 Å². The maximum Gasteiger partial charge on any atom is 0.262 e. The molecule has 6 nitrogen and oxygen atoms in total. The molecule has 3 heterocycles. The molecule has 0 saturated heterocycles. The van der Waals surface area contributed by atoms with Crippen molar-refractivity contribution in [3.63, 3.8) is 0 Å². The molecule has 108 valence electrons. The van der Waals surface area contributed by atoms with Crippen LogP contribution in [0.3, 0.4) is 0 Å². The second kappa shape index (κ2) is 5.47.